The van der Waals surface area contributed by atoms with E-state index in [1.165, 1.54) is 7.11 Å². The van der Waals surface area contributed by atoms with Crippen molar-refractivity contribution in [2.45, 2.75) is 6.29 Å². The van der Waals surface area contributed by atoms with Gasteiger partial charge in [0.25, 0.3) is 0 Å². The maximum atomic E-state index is 11.9. The lowest BCUT2D eigenvalue weighted by atomic mass is 9.93. The summed E-state index contributed by atoms with van der Waals surface area (Å²) < 4.78 is 28.6. The van der Waals surface area contributed by atoms with Crippen LogP contribution in [0.2, 0.25) is 0 Å². The molecule has 0 aliphatic carbocycles. The van der Waals surface area contributed by atoms with Gasteiger partial charge in [-0.05, 0) is 54.1 Å². The molecule has 1 aliphatic heterocycles. The molecule has 0 N–H and O–H groups in total. The number of benzene rings is 3. The number of hydrogen-bond acceptors (Lipinski definition) is 6. The summed E-state index contributed by atoms with van der Waals surface area (Å²) in [6, 6.07) is 22.6. The minimum Gasteiger partial charge on any atom is -0.497 e. The molecule has 6 nitrogen and oxygen atoms in total. The molecule has 6 heteroatoms. The van der Waals surface area contributed by atoms with Gasteiger partial charge in [-0.25, -0.2) is 4.79 Å². The quantitative estimate of drug-likeness (QED) is 0.347. The Morgan fingerprint density at radius 1 is 0.818 bits per heavy atom. The molecule has 1 aromatic heterocycles. The van der Waals surface area contributed by atoms with Crippen molar-refractivity contribution in [1.82, 2.24) is 0 Å². The van der Waals surface area contributed by atoms with Gasteiger partial charge in [0, 0.05) is 18.2 Å². The first-order valence-electron chi connectivity index (χ1n) is 10.4. The van der Waals surface area contributed by atoms with E-state index in [1.54, 1.807) is 26.4 Å². The lowest BCUT2D eigenvalue weighted by Crippen LogP contribution is -2.15. The molecule has 166 valence electrons. The van der Waals surface area contributed by atoms with Crippen LogP contribution in [0, 0.1) is 0 Å². The summed E-state index contributed by atoms with van der Waals surface area (Å²) in [5.41, 5.74) is 4.70. The Kier molecular flexibility index (Phi) is 5.36. The van der Waals surface area contributed by atoms with Gasteiger partial charge in [-0.3, -0.25) is 0 Å². The molecule has 33 heavy (non-hydrogen) atoms. The number of esters is 1. The van der Waals surface area contributed by atoms with E-state index in [4.69, 9.17) is 23.4 Å². The number of rotatable bonds is 5. The molecule has 0 saturated heterocycles. The zero-order valence-corrected chi connectivity index (χ0v) is 18.5. The number of fused-ring (bicyclic) bond motifs is 3. The van der Waals surface area contributed by atoms with Gasteiger partial charge >= 0.3 is 5.97 Å². The second-order valence-corrected chi connectivity index (χ2v) is 7.53. The first kappa shape index (κ1) is 20.8. The van der Waals surface area contributed by atoms with Crippen molar-refractivity contribution < 1.29 is 28.2 Å². The van der Waals surface area contributed by atoms with Gasteiger partial charge in [0.05, 0.1) is 30.9 Å². The molecular weight excluding hydrogens is 420 g/mol. The largest absolute Gasteiger partial charge is 0.497 e. The maximum Gasteiger partial charge on any atom is 0.337 e. The summed E-state index contributed by atoms with van der Waals surface area (Å²) in [5, 5.41) is 0. The number of ether oxygens (including phenoxy) is 4. The van der Waals surface area contributed by atoms with Crippen molar-refractivity contribution in [3.05, 3.63) is 83.9 Å². The lowest BCUT2D eigenvalue weighted by molar-refractivity contribution is -0.0579. The van der Waals surface area contributed by atoms with Crippen molar-refractivity contribution >= 4 is 5.97 Å². The molecule has 0 bridgehead atoms. The summed E-state index contributed by atoms with van der Waals surface area (Å²) in [6.45, 7) is 0. The molecule has 1 aliphatic rings. The number of methoxy groups -OCH3 is 3. The molecule has 1 unspecified atom stereocenters. The fourth-order valence-corrected chi connectivity index (χ4v) is 4.09. The zero-order chi connectivity index (χ0) is 22.9. The molecule has 2 heterocycles. The van der Waals surface area contributed by atoms with Gasteiger partial charge in [0.1, 0.15) is 23.0 Å². The summed E-state index contributed by atoms with van der Waals surface area (Å²) in [4.78, 5) is 11.9. The van der Waals surface area contributed by atoms with Gasteiger partial charge in [-0.2, -0.15) is 0 Å². The number of furan rings is 1. The van der Waals surface area contributed by atoms with E-state index in [-0.39, 0.29) is 0 Å². The summed E-state index contributed by atoms with van der Waals surface area (Å²) in [6.07, 6.45) is -0.652. The molecule has 4 aromatic rings. The van der Waals surface area contributed by atoms with Crippen LogP contribution in [0.5, 0.6) is 11.5 Å². The average molecular weight is 442 g/mol. The van der Waals surface area contributed by atoms with E-state index >= 15 is 0 Å². The Hall–Kier alpha value is -4.03. The van der Waals surface area contributed by atoms with Crippen LogP contribution in [0.15, 0.2) is 77.2 Å². The predicted molar refractivity (Wildman–Crippen MR) is 123 cm³/mol. The molecule has 0 radical (unpaired) electrons. The van der Waals surface area contributed by atoms with Crippen molar-refractivity contribution in [2.75, 3.05) is 21.3 Å². The first-order chi connectivity index (χ1) is 16.1. The second-order valence-electron chi connectivity index (χ2n) is 7.53. The Morgan fingerprint density at radius 3 is 2.18 bits per heavy atom. The summed E-state index contributed by atoms with van der Waals surface area (Å²) in [5.74, 6) is 2.43. The fraction of sp³-hybridized carbons (Fsp3) is 0.148. The molecule has 1 atom stereocenters. The maximum absolute atomic E-state index is 11.9. The molecular formula is C27H22O6. The number of hydrogen-bond donors (Lipinski definition) is 0. The van der Waals surface area contributed by atoms with E-state index in [2.05, 4.69) is 0 Å². The van der Waals surface area contributed by atoms with Crippen molar-refractivity contribution in [3.63, 3.8) is 0 Å². The highest BCUT2D eigenvalue weighted by atomic mass is 16.7. The third kappa shape index (κ3) is 3.54. The topological polar surface area (TPSA) is 67.1 Å². The normalized spacial score (nSPS) is 14.1. The van der Waals surface area contributed by atoms with E-state index in [0.717, 1.165) is 33.6 Å². The third-order valence-corrected chi connectivity index (χ3v) is 5.71. The Bertz CT molecular complexity index is 1300. The first-order valence-corrected chi connectivity index (χ1v) is 10.4. The van der Waals surface area contributed by atoms with Gasteiger partial charge in [0.15, 0.2) is 0 Å². The second kappa shape index (κ2) is 8.48. The fourth-order valence-electron chi connectivity index (χ4n) is 4.09. The van der Waals surface area contributed by atoms with E-state index in [1.807, 2.05) is 60.7 Å². The van der Waals surface area contributed by atoms with Gasteiger partial charge in [-0.15, -0.1) is 0 Å². The molecule has 0 spiro atoms. The molecule has 5 rings (SSSR count). The zero-order valence-electron chi connectivity index (χ0n) is 18.5. The minimum absolute atomic E-state index is 0.391. The third-order valence-electron chi connectivity index (χ3n) is 5.71. The van der Waals surface area contributed by atoms with Crippen molar-refractivity contribution in [2.24, 2.45) is 0 Å². The highest BCUT2D eigenvalue weighted by molar-refractivity contribution is 5.93. The molecule has 0 fully saturated rings. The smallest absolute Gasteiger partial charge is 0.337 e. The van der Waals surface area contributed by atoms with Gasteiger partial charge < -0.3 is 23.4 Å². The SMILES string of the molecule is COC(=O)c1ccc(-c2c(-c3ccc(OC)cc3)oc3c2C(OC)Oc2ccccc2-3)cc1. The van der Waals surface area contributed by atoms with E-state index in [0.29, 0.717) is 22.8 Å². The Morgan fingerprint density at radius 2 is 1.52 bits per heavy atom. The van der Waals surface area contributed by atoms with Crippen LogP contribution in [-0.4, -0.2) is 27.3 Å². The van der Waals surface area contributed by atoms with Crippen LogP contribution < -0.4 is 9.47 Å². The van der Waals surface area contributed by atoms with E-state index in [9.17, 15) is 4.79 Å². The molecule has 0 amide bonds. The highest BCUT2D eigenvalue weighted by Gasteiger charge is 2.35. The Balaban J connectivity index is 1.76. The summed E-state index contributed by atoms with van der Waals surface area (Å²) >= 11 is 0. The number of carbonyl (C=O) groups excluding carboxylic acids is 1. The van der Waals surface area contributed by atoms with Gasteiger partial charge in [-0.1, -0.05) is 24.3 Å². The van der Waals surface area contributed by atoms with Crippen LogP contribution in [0.3, 0.4) is 0 Å². The number of carbonyl (C=O) groups is 1. The minimum atomic E-state index is -0.652. The summed E-state index contributed by atoms with van der Waals surface area (Å²) in [7, 11) is 4.60. The highest BCUT2D eigenvalue weighted by Crippen LogP contribution is 2.51. The van der Waals surface area contributed by atoms with Crippen LogP contribution in [0.25, 0.3) is 33.8 Å². The predicted octanol–water partition coefficient (Wildman–Crippen LogP) is 6.11. The number of para-hydroxylation sites is 1. The standard InChI is InChI=1S/C27H22O6/c1-29-19-14-12-17(13-15-19)24-22(16-8-10-18(11-9-16)26(28)30-2)23-25(33-24)20-6-4-5-7-21(20)32-27(23)31-3/h4-15,27H,1-3H3. The lowest BCUT2D eigenvalue weighted by Gasteiger charge is -2.25. The molecule has 3 aromatic carbocycles. The average Bonchev–Trinajstić information content (AvgIpc) is 3.29. The Labute approximate surface area is 191 Å². The van der Waals surface area contributed by atoms with Gasteiger partial charge in [0.2, 0.25) is 6.29 Å². The van der Waals surface area contributed by atoms with Crippen LogP contribution >= 0.6 is 0 Å². The van der Waals surface area contributed by atoms with Crippen molar-refractivity contribution in [1.29, 1.82) is 0 Å². The van der Waals surface area contributed by atoms with Crippen LogP contribution in [-0.2, 0) is 9.47 Å². The molecule has 0 saturated carbocycles. The van der Waals surface area contributed by atoms with Crippen LogP contribution in [0.4, 0.5) is 0 Å². The monoisotopic (exact) mass is 442 g/mol. The van der Waals surface area contributed by atoms with Crippen molar-refractivity contribution in [3.8, 4) is 45.3 Å². The van der Waals surface area contributed by atoms with E-state index < -0.39 is 12.3 Å². The van der Waals surface area contributed by atoms with Crippen LogP contribution in [0.1, 0.15) is 22.2 Å².